The van der Waals surface area contributed by atoms with E-state index in [1.54, 1.807) is 27.4 Å². The predicted octanol–water partition coefficient (Wildman–Crippen LogP) is 2.50. The number of hydrogen-bond donors (Lipinski definition) is 0. The number of ether oxygens (including phenoxy) is 1. The molecule has 1 unspecified atom stereocenters. The number of benzene rings is 1. The molecular weight excluding hydrogens is 352 g/mol. The molecule has 0 radical (unpaired) electrons. The maximum absolute atomic E-state index is 13.0. The van der Waals surface area contributed by atoms with Crippen molar-refractivity contribution in [3.63, 3.8) is 0 Å². The molecule has 0 spiro atoms. The van der Waals surface area contributed by atoms with Crippen LogP contribution in [0, 0.1) is 0 Å². The molecule has 3 rings (SSSR count). The Morgan fingerprint density at radius 2 is 1.88 bits per heavy atom. The summed E-state index contributed by atoms with van der Waals surface area (Å²) in [6, 6.07) is 6.47. The van der Waals surface area contributed by atoms with E-state index in [0.29, 0.717) is 38.3 Å². The Bertz CT molecular complexity index is 727. The Morgan fingerprint density at radius 3 is 2.58 bits per heavy atom. The Morgan fingerprint density at radius 1 is 1.15 bits per heavy atom. The molecule has 2 aliphatic heterocycles. The highest BCUT2D eigenvalue weighted by molar-refractivity contribution is 7.89. The van der Waals surface area contributed by atoms with Gasteiger partial charge in [0, 0.05) is 31.7 Å². The van der Waals surface area contributed by atoms with Gasteiger partial charge < -0.3 is 9.64 Å². The molecule has 0 saturated carbocycles. The lowest BCUT2D eigenvalue weighted by Crippen LogP contribution is -2.45. The summed E-state index contributed by atoms with van der Waals surface area (Å²) in [4.78, 5) is 14.8. The molecule has 0 N–H and O–H groups in total. The summed E-state index contributed by atoms with van der Waals surface area (Å²) >= 11 is 0. The summed E-state index contributed by atoms with van der Waals surface area (Å²) in [5, 5.41) is 0. The summed E-state index contributed by atoms with van der Waals surface area (Å²) in [7, 11) is -3.55. The molecule has 6 nitrogen and oxygen atoms in total. The normalized spacial score (nSPS) is 22.8. The first-order valence-electron chi connectivity index (χ1n) is 9.53. The first-order valence-corrected chi connectivity index (χ1v) is 11.0. The van der Waals surface area contributed by atoms with Gasteiger partial charge in [0.05, 0.1) is 17.6 Å². The molecule has 1 aromatic rings. The van der Waals surface area contributed by atoms with Crippen LogP contribution in [-0.4, -0.2) is 62.4 Å². The molecule has 2 saturated heterocycles. The van der Waals surface area contributed by atoms with Gasteiger partial charge in [-0.1, -0.05) is 25.8 Å². The van der Waals surface area contributed by atoms with Crippen LogP contribution in [0.25, 0.3) is 0 Å². The first-order chi connectivity index (χ1) is 12.5. The third kappa shape index (κ3) is 4.27. The van der Waals surface area contributed by atoms with Crippen molar-refractivity contribution < 1.29 is 17.9 Å². The second-order valence-electron chi connectivity index (χ2n) is 7.00. The number of rotatable bonds is 4. The van der Waals surface area contributed by atoms with Crippen LogP contribution in [0.15, 0.2) is 29.2 Å². The fourth-order valence-corrected chi connectivity index (χ4v) is 5.12. The summed E-state index contributed by atoms with van der Waals surface area (Å²) in [5.41, 5.74) is 0.428. The average Bonchev–Trinajstić information content (AvgIpc) is 2.97. The monoisotopic (exact) mass is 380 g/mol. The van der Waals surface area contributed by atoms with Gasteiger partial charge in [0.1, 0.15) is 0 Å². The van der Waals surface area contributed by atoms with Gasteiger partial charge in [-0.05, 0) is 37.5 Å². The molecule has 0 aliphatic carbocycles. The lowest BCUT2D eigenvalue weighted by atomic mass is 10.1. The predicted molar refractivity (Wildman–Crippen MR) is 99.6 cm³/mol. The minimum Gasteiger partial charge on any atom is -0.375 e. The van der Waals surface area contributed by atoms with Gasteiger partial charge in [0.15, 0.2) is 0 Å². The van der Waals surface area contributed by atoms with Gasteiger partial charge in [-0.2, -0.15) is 4.31 Å². The van der Waals surface area contributed by atoms with Crippen molar-refractivity contribution >= 4 is 15.9 Å². The zero-order valence-electron chi connectivity index (χ0n) is 15.4. The molecule has 0 bridgehead atoms. The van der Waals surface area contributed by atoms with Gasteiger partial charge >= 0.3 is 0 Å². The lowest BCUT2D eigenvalue weighted by Gasteiger charge is -2.32. The third-order valence-electron chi connectivity index (χ3n) is 5.17. The number of carbonyl (C=O) groups excluding carboxylic acids is 1. The standard InChI is InChI=1S/C19H28N2O4S/c1-2-17-15-20(12-13-25-17)19(22)16-8-7-9-18(14-16)26(23,24)21-10-5-3-4-6-11-21/h7-9,14,17H,2-6,10-13,15H2,1H3. The molecule has 0 aromatic heterocycles. The van der Waals surface area contributed by atoms with Crippen LogP contribution >= 0.6 is 0 Å². The molecule has 144 valence electrons. The number of sulfonamides is 1. The van der Waals surface area contributed by atoms with Gasteiger partial charge in [-0.25, -0.2) is 8.42 Å². The molecule has 2 heterocycles. The second kappa shape index (κ2) is 8.50. The third-order valence-corrected chi connectivity index (χ3v) is 7.06. The van der Waals surface area contributed by atoms with Crippen molar-refractivity contribution in [1.82, 2.24) is 9.21 Å². The zero-order chi connectivity index (χ0) is 18.6. The molecular formula is C19H28N2O4S. The molecule has 1 atom stereocenters. The van der Waals surface area contributed by atoms with E-state index in [4.69, 9.17) is 4.74 Å². The van der Waals surface area contributed by atoms with Gasteiger partial charge in [0.25, 0.3) is 5.91 Å². The van der Waals surface area contributed by atoms with Gasteiger partial charge in [-0.3, -0.25) is 4.79 Å². The van der Waals surface area contributed by atoms with Crippen LogP contribution in [0.1, 0.15) is 49.4 Å². The summed E-state index contributed by atoms with van der Waals surface area (Å²) in [6.07, 6.45) is 4.83. The molecule has 26 heavy (non-hydrogen) atoms. The van der Waals surface area contributed by atoms with Crippen LogP contribution in [0.5, 0.6) is 0 Å². The first kappa shape index (κ1) is 19.3. The van der Waals surface area contributed by atoms with E-state index >= 15 is 0 Å². The SMILES string of the molecule is CCC1CN(C(=O)c2cccc(S(=O)(=O)N3CCCCCC3)c2)CCO1. The van der Waals surface area contributed by atoms with E-state index in [9.17, 15) is 13.2 Å². The molecule has 2 fully saturated rings. The van der Waals surface area contributed by atoms with E-state index in [1.165, 1.54) is 6.07 Å². The van der Waals surface area contributed by atoms with Crippen LogP contribution < -0.4 is 0 Å². The highest BCUT2D eigenvalue weighted by Crippen LogP contribution is 2.22. The van der Waals surface area contributed by atoms with Gasteiger partial charge in [-0.15, -0.1) is 0 Å². The molecule has 7 heteroatoms. The Hall–Kier alpha value is -1.44. The van der Waals surface area contributed by atoms with E-state index in [1.807, 2.05) is 6.92 Å². The smallest absolute Gasteiger partial charge is 0.254 e. The zero-order valence-corrected chi connectivity index (χ0v) is 16.2. The highest BCUT2D eigenvalue weighted by Gasteiger charge is 2.28. The van der Waals surface area contributed by atoms with E-state index in [0.717, 1.165) is 32.1 Å². The van der Waals surface area contributed by atoms with E-state index < -0.39 is 10.0 Å². The minimum atomic E-state index is -3.55. The topological polar surface area (TPSA) is 66.9 Å². The summed E-state index contributed by atoms with van der Waals surface area (Å²) < 4.78 is 33.1. The van der Waals surface area contributed by atoms with Gasteiger partial charge in [0.2, 0.25) is 10.0 Å². The number of morpholine rings is 1. The van der Waals surface area contributed by atoms with Crippen molar-refractivity contribution in [1.29, 1.82) is 0 Å². The highest BCUT2D eigenvalue weighted by atomic mass is 32.2. The number of carbonyl (C=O) groups is 1. The average molecular weight is 381 g/mol. The van der Waals surface area contributed by atoms with Crippen molar-refractivity contribution in [2.45, 2.75) is 50.0 Å². The van der Waals surface area contributed by atoms with E-state index in [2.05, 4.69) is 0 Å². The fourth-order valence-electron chi connectivity index (χ4n) is 3.55. The van der Waals surface area contributed by atoms with Crippen molar-refractivity contribution in [3.8, 4) is 0 Å². The van der Waals surface area contributed by atoms with Crippen LogP contribution in [0.4, 0.5) is 0 Å². The maximum Gasteiger partial charge on any atom is 0.254 e. The van der Waals surface area contributed by atoms with Crippen molar-refractivity contribution in [3.05, 3.63) is 29.8 Å². The van der Waals surface area contributed by atoms with Crippen LogP contribution in [0.3, 0.4) is 0 Å². The second-order valence-corrected chi connectivity index (χ2v) is 8.94. The maximum atomic E-state index is 13.0. The minimum absolute atomic E-state index is 0.0525. The Labute approximate surface area is 156 Å². The Balaban J connectivity index is 1.80. The molecule has 1 amide bonds. The summed E-state index contributed by atoms with van der Waals surface area (Å²) in [6.45, 7) is 4.77. The van der Waals surface area contributed by atoms with Crippen molar-refractivity contribution in [2.75, 3.05) is 32.8 Å². The lowest BCUT2D eigenvalue weighted by molar-refractivity contribution is -0.0226. The Kier molecular flexibility index (Phi) is 6.32. The van der Waals surface area contributed by atoms with E-state index in [-0.39, 0.29) is 16.9 Å². The van der Waals surface area contributed by atoms with Crippen LogP contribution in [0.2, 0.25) is 0 Å². The number of nitrogens with zero attached hydrogens (tertiary/aromatic N) is 2. The molecule has 1 aromatic carbocycles. The number of amides is 1. The quantitative estimate of drug-likeness (QED) is 0.805. The number of hydrogen-bond acceptors (Lipinski definition) is 4. The largest absolute Gasteiger partial charge is 0.375 e. The summed E-state index contributed by atoms with van der Waals surface area (Å²) in [5.74, 6) is -0.125. The fraction of sp³-hybridized carbons (Fsp3) is 0.632. The van der Waals surface area contributed by atoms with Crippen LogP contribution in [-0.2, 0) is 14.8 Å². The van der Waals surface area contributed by atoms with Crippen molar-refractivity contribution in [2.24, 2.45) is 0 Å². The molecule has 2 aliphatic rings.